The second-order valence-corrected chi connectivity index (χ2v) is 13.0. The number of methoxy groups -OCH3 is 1. The van der Waals surface area contributed by atoms with Crippen molar-refractivity contribution >= 4 is 23.1 Å². The molecule has 45 heavy (non-hydrogen) atoms. The molecule has 6 nitrogen and oxygen atoms in total. The van der Waals surface area contributed by atoms with Crippen molar-refractivity contribution in [2.24, 2.45) is 0 Å². The van der Waals surface area contributed by atoms with E-state index in [4.69, 9.17) is 16.3 Å². The maximum absolute atomic E-state index is 14.5. The van der Waals surface area contributed by atoms with Gasteiger partial charge in [0.25, 0.3) is 5.91 Å². The van der Waals surface area contributed by atoms with Crippen LogP contribution in [-0.2, 0) is 24.3 Å². The number of hydrogen-bond donors (Lipinski definition) is 2. The van der Waals surface area contributed by atoms with Crippen LogP contribution in [0.25, 0.3) is 5.57 Å². The van der Waals surface area contributed by atoms with Crippen LogP contribution >= 0.6 is 11.6 Å². The molecule has 2 atom stereocenters. The molecule has 3 aliphatic rings. The number of halogens is 3. The molecule has 2 N–H and O–H groups in total. The van der Waals surface area contributed by atoms with Gasteiger partial charge in [0.05, 0.1) is 18.2 Å². The van der Waals surface area contributed by atoms with E-state index in [9.17, 15) is 13.6 Å². The number of likely N-dealkylation sites (N-methyl/N-ethyl adjacent to an activating group) is 1. The van der Waals surface area contributed by atoms with Gasteiger partial charge in [-0.2, -0.15) is 0 Å². The summed E-state index contributed by atoms with van der Waals surface area (Å²) in [5, 5.41) is 7.08. The molecular weight excluding hydrogens is 594 g/mol. The fourth-order valence-electron chi connectivity index (χ4n) is 6.64. The van der Waals surface area contributed by atoms with Gasteiger partial charge in [0, 0.05) is 55.9 Å². The lowest BCUT2D eigenvalue weighted by Crippen LogP contribution is -2.60. The first kappa shape index (κ1) is 31.7. The van der Waals surface area contributed by atoms with Crippen LogP contribution in [0.2, 0.25) is 5.02 Å². The highest BCUT2D eigenvalue weighted by molar-refractivity contribution is 6.31. The van der Waals surface area contributed by atoms with Gasteiger partial charge in [-0.3, -0.25) is 4.79 Å². The lowest BCUT2D eigenvalue weighted by molar-refractivity contribution is -0.128. The third-order valence-electron chi connectivity index (χ3n) is 9.39. The molecule has 2 fully saturated rings. The van der Waals surface area contributed by atoms with Gasteiger partial charge in [0.15, 0.2) is 0 Å². The van der Waals surface area contributed by atoms with Crippen molar-refractivity contribution < 1.29 is 18.3 Å². The number of nitrogens with one attached hydrogen (secondary N) is 2. The number of benzene rings is 3. The molecular formula is C36H41ClF2N4O2. The third-order valence-corrected chi connectivity index (χ3v) is 9.80. The first-order valence-electron chi connectivity index (χ1n) is 15.8. The Kier molecular flexibility index (Phi) is 9.57. The number of carbonyl (C=O) groups excluding carboxylic acids is 1. The van der Waals surface area contributed by atoms with E-state index >= 15 is 0 Å². The molecule has 238 valence electrons. The van der Waals surface area contributed by atoms with Gasteiger partial charge in [-0.05, 0) is 85.7 Å². The number of carbonyl (C=O) groups is 1. The van der Waals surface area contributed by atoms with E-state index in [1.54, 1.807) is 7.11 Å². The van der Waals surface area contributed by atoms with Gasteiger partial charge in [0.2, 0.25) is 0 Å². The van der Waals surface area contributed by atoms with Crippen molar-refractivity contribution in [1.29, 1.82) is 0 Å². The Balaban J connectivity index is 1.22. The number of ether oxygens (including phenoxy) is 1. The lowest BCUT2D eigenvalue weighted by Gasteiger charge is -2.41. The van der Waals surface area contributed by atoms with Crippen molar-refractivity contribution in [3.63, 3.8) is 0 Å². The summed E-state index contributed by atoms with van der Waals surface area (Å²) in [4.78, 5) is 18.5. The number of amides is 1. The molecule has 2 aliphatic heterocycles. The van der Waals surface area contributed by atoms with Crippen molar-refractivity contribution in [1.82, 2.24) is 20.4 Å². The summed E-state index contributed by atoms with van der Waals surface area (Å²) in [6.07, 6.45) is 3.57. The van der Waals surface area contributed by atoms with E-state index in [0.29, 0.717) is 13.1 Å². The molecule has 1 saturated heterocycles. The first-order chi connectivity index (χ1) is 21.7. The van der Waals surface area contributed by atoms with E-state index in [-0.39, 0.29) is 41.2 Å². The quantitative estimate of drug-likeness (QED) is 0.258. The van der Waals surface area contributed by atoms with E-state index in [1.165, 1.54) is 0 Å². The van der Waals surface area contributed by atoms with Crippen LogP contribution < -0.4 is 15.4 Å². The smallest absolute Gasteiger partial charge is 0.252 e. The van der Waals surface area contributed by atoms with Crippen molar-refractivity contribution in [2.45, 2.75) is 63.8 Å². The Hall–Kier alpha value is -3.30. The second-order valence-electron chi connectivity index (χ2n) is 12.6. The van der Waals surface area contributed by atoms with Gasteiger partial charge in [-0.15, -0.1) is 0 Å². The summed E-state index contributed by atoms with van der Waals surface area (Å²) in [7, 11) is 3.55. The number of fused-ring (bicyclic) bond motifs is 2. The van der Waals surface area contributed by atoms with Crippen molar-refractivity contribution in [3.05, 3.63) is 105 Å². The minimum atomic E-state index is -0.613. The van der Waals surface area contributed by atoms with Gasteiger partial charge < -0.3 is 25.2 Å². The predicted molar refractivity (Wildman–Crippen MR) is 174 cm³/mol. The summed E-state index contributed by atoms with van der Waals surface area (Å²) in [6.45, 7) is 5.08. The predicted octanol–water partition coefficient (Wildman–Crippen LogP) is 5.89. The lowest BCUT2D eigenvalue weighted by atomic mass is 9.83. The van der Waals surface area contributed by atoms with Crippen molar-refractivity contribution in [2.75, 3.05) is 33.8 Å². The normalized spacial score (nSPS) is 19.6. The number of rotatable bonds is 11. The van der Waals surface area contributed by atoms with Crippen molar-refractivity contribution in [3.8, 4) is 5.75 Å². The van der Waals surface area contributed by atoms with Crippen LogP contribution in [0.3, 0.4) is 0 Å². The number of hydrogen-bond acceptors (Lipinski definition) is 5. The molecule has 0 aromatic heterocycles. The van der Waals surface area contributed by atoms with Crippen LogP contribution in [0.15, 0.2) is 60.2 Å². The van der Waals surface area contributed by atoms with E-state index in [0.717, 1.165) is 90.1 Å². The van der Waals surface area contributed by atoms with Gasteiger partial charge in [-0.25, -0.2) is 8.78 Å². The second kappa shape index (κ2) is 13.6. The zero-order chi connectivity index (χ0) is 31.7. The molecule has 9 heteroatoms. The van der Waals surface area contributed by atoms with E-state index in [1.807, 2.05) is 24.1 Å². The highest BCUT2D eigenvalue weighted by atomic mass is 35.5. The molecule has 3 aromatic carbocycles. The SMILES string of the molecule is COc1cccc(CN(C(=O)C2=C(c3ccc(CCN(C)Cc4c(F)ccc(F)c4Cl)cc3)C[C@H]3CNC[C@H]2N3)C2CC2)c1C. The maximum atomic E-state index is 14.5. The topological polar surface area (TPSA) is 56.8 Å². The summed E-state index contributed by atoms with van der Waals surface area (Å²) in [5.74, 6) is -0.163. The molecule has 0 unspecified atom stereocenters. The average Bonchev–Trinajstić information content (AvgIpc) is 3.89. The van der Waals surface area contributed by atoms with Crippen LogP contribution in [0.4, 0.5) is 8.78 Å². The molecule has 6 rings (SSSR count). The molecule has 0 radical (unpaired) electrons. The molecule has 2 bridgehead atoms. The molecule has 1 amide bonds. The van der Waals surface area contributed by atoms with Gasteiger partial charge in [0.1, 0.15) is 17.4 Å². The first-order valence-corrected chi connectivity index (χ1v) is 16.1. The summed E-state index contributed by atoms with van der Waals surface area (Å²) >= 11 is 6.03. The minimum absolute atomic E-state index is 0.0453. The minimum Gasteiger partial charge on any atom is -0.496 e. The monoisotopic (exact) mass is 634 g/mol. The maximum Gasteiger partial charge on any atom is 0.252 e. The van der Waals surface area contributed by atoms with E-state index < -0.39 is 11.6 Å². The standard InChI is InChI=1S/C36H41ClF2N4O2/c1-22-25(5-4-6-33(22)45-3)20-43(27-11-12-27)36(44)34-28(17-26-18-40-19-32(34)41-26)24-9-7-23(8-10-24)15-16-42(2)21-29-30(38)13-14-31(39)35(29)37/h4-10,13-14,26-27,32,40-41H,11-12,15-21H2,1-3H3/t26-,32+/m0/s1. The zero-order valence-corrected chi connectivity index (χ0v) is 26.9. The van der Waals surface area contributed by atoms with Crippen LogP contribution in [0, 0.1) is 18.6 Å². The summed E-state index contributed by atoms with van der Waals surface area (Å²) in [6, 6.07) is 17.2. The highest BCUT2D eigenvalue weighted by Crippen LogP contribution is 2.37. The van der Waals surface area contributed by atoms with Gasteiger partial charge in [-0.1, -0.05) is 48.0 Å². The molecule has 1 aliphatic carbocycles. The van der Waals surface area contributed by atoms with Crippen LogP contribution in [0.5, 0.6) is 5.75 Å². The zero-order valence-electron chi connectivity index (χ0n) is 26.1. The Morgan fingerprint density at radius 3 is 2.51 bits per heavy atom. The highest BCUT2D eigenvalue weighted by Gasteiger charge is 2.41. The largest absolute Gasteiger partial charge is 0.496 e. The summed E-state index contributed by atoms with van der Waals surface area (Å²) < 4.78 is 33.7. The Morgan fingerprint density at radius 1 is 1.02 bits per heavy atom. The fraction of sp³-hybridized carbons (Fsp3) is 0.417. The Morgan fingerprint density at radius 2 is 1.78 bits per heavy atom. The Bertz CT molecular complexity index is 1590. The third kappa shape index (κ3) is 6.94. The van der Waals surface area contributed by atoms with E-state index in [2.05, 4.69) is 52.8 Å². The molecule has 2 heterocycles. The van der Waals surface area contributed by atoms with Gasteiger partial charge >= 0.3 is 0 Å². The molecule has 3 aromatic rings. The number of nitrogens with zero attached hydrogens (tertiary/aromatic N) is 2. The van der Waals surface area contributed by atoms with Crippen LogP contribution in [-0.4, -0.2) is 67.6 Å². The fourth-order valence-corrected chi connectivity index (χ4v) is 6.85. The molecule has 1 saturated carbocycles. The summed E-state index contributed by atoms with van der Waals surface area (Å²) in [5.41, 5.74) is 6.56. The van der Waals surface area contributed by atoms with Crippen LogP contribution in [0.1, 0.15) is 47.1 Å². The average molecular weight is 635 g/mol. The number of piperazine rings is 1. The molecule has 0 spiro atoms. The Labute approximate surface area is 269 Å².